The van der Waals surface area contributed by atoms with Crippen molar-refractivity contribution in [2.45, 2.75) is 12.8 Å². The van der Waals surface area contributed by atoms with E-state index in [9.17, 15) is 9.59 Å². The standard InChI is InChI=1S/C4H6O4.K/c5-3(6)1-2-4(7)8;/h1-2H2,(H,5,6)(H,7,8);. The van der Waals surface area contributed by atoms with Gasteiger partial charge in [0.1, 0.15) is 0 Å². The molecule has 0 aliphatic heterocycles. The van der Waals surface area contributed by atoms with Gasteiger partial charge in [0.15, 0.2) is 0 Å². The number of hydrogen-bond donors (Lipinski definition) is 2. The van der Waals surface area contributed by atoms with Gasteiger partial charge in [0.2, 0.25) is 0 Å². The molecule has 1 radical (unpaired) electrons. The van der Waals surface area contributed by atoms with Gasteiger partial charge < -0.3 is 10.2 Å². The van der Waals surface area contributed by atoms with Gasteiger partial charge in [0.05, 0.1) is 12.8 Å². The molecule has 0 fully saturated rings. The van der Waals surface area contributed by atoms with E-state index in [1.165, 1.54) is 0 Å². The minimum absolute atomic E-state index is 0. The first-order valence-corrected chi connectivity index (χ1v) is 2.06. The second kappa shape index (κ2) is 6.69. The van der Waals surface area contributed by atoms with Crippen molar-refractivity contribution >= 4 is 63.3 Å². The maximum absolute atomic E-state index is 9.64. The van der Waals surface area contributed by atoms with Gasteiger partial charge in [-0.25, -0.2) is 0 Å². The first-order valence-electron chi connectivity index (χ1n) is 2.06. The van der Waals surface area contributed by atoms with Gasteiger partial charge in [-0.1, -0.05) is 0 Å². The summed E-state index contributed by atoms with van der Waals surface area (Å²) >= 11 is 0. The predicted octanol–water partition coefficient (Wildman–Crippen LogP) is -0.445. The Morgan fingerprint density at radius 2 is 1.22 bits per heavy atom. The fourth-order valence-corrected chi connectivity index (χ4v) is 0.214. The molecule has 0 aromatic carbocycles. The van der Waals surface area contributed by atoms with E-state index in [2.05, 4.69) is 0 Å². The molecule has 2 N–H and O–H groups in total. The average Bonchev–Trinajstić information content (AvgIpc) is 1.61. The van der Waals surface area contributed by atoms with E-state index in [-0.39, 0.29) is 64.2 Å². The third kappa shape index (κ3) is 11.9. The van der Waals surface area contributed by atoms with E-state index >= 15 is 0 Å². The van der Waals surface area contributed by atoms with Crippen LogP contribution < -0.4 is 0 Å². The minimum atomic E-state index is -1.08. The van der Waals surface area contributed by atoms with Crippen LogP contribution in [0.4, 0.5) is 0 Å². The molecule has 0 aromatic heterocycles. The first kappa shape index (κ1) is 12.3. The molecule has 0 spiro atoms. The van der Waals surface area contributed by atoms with Gasteiger partial charge in [0, 0.05) is 51.4 Å². The second-order valence-electron chi connectivity index (χ2n) is 1.29. The van der Waals surface area contributed by atoms with Crippen molar-refractivity contribution in [3.63, 3.8) is 0 Å². The van der Waals surface area contributed by atoms with E-state index in [0.717, 1.165) is 0 Å². The van der Waals surface area contributed by atoms with Gasteiger partial charge >= 0.3 is 11.9 Å². The van der Waals surface area contributed by atoms with Crippen LogP contribution in [0.1, 0.15) is 12.8 Å². The summed E-state index contributed by atoms with van der Waals surface area (Å²) in [4.78, 5) is 19.3. The zero-order valence-corrected chi connectivity index (χ0v) is 8.25. The maximum Gasteiger partial charge on any atom is 0.303 e. The van der Waals surface area contributed by atoms with Crippen LogP contribution in [0.15, 0.2) is 0 Å². The van der Waals surface area contributed by atoms with Crippen molar-refractivity contribution in [3.8, 4) is 0 Å². The number of carboxylic acid groups (broad SMARTS) is 2. The largest absolute Gasteiger partial charge is 0.481 e. The van der Waals surface area contributed by atoms with Gasteiger partial charge in [-0.2, -0.15) is 0 Å². The molecule has 5 heteroatoms. The summed E-state index contributed by atoms with van der Waals surface area (Å²) in [5.41, 5.74) is 0. The summed E-state index contributed by atoms with van der Waals surface area (Å²) in [6, 6.07) is 0. The van der Waals surface area contributed by atoms with Crippen LogP contribution in [-0.4, -0.2) is 73.5 Å². The van der Waals surface area contributed by atoms with Crippen LogP contribution in [0.2, 0.25) is 0 Å². The summed E-state index contributed by atoms with van der Waals surface area (Å²) in [6.45, 7) is 0. The molecule has 0 unspecified atom stereocenters. The van der Waals surface area contributed by atoms with Crippen molar-refractivity contribution in [1.29, 1.82) is 0 Å². The Labute approximate surface area is 94.7 Å². The molecular weight excluding hydrogens is 151 g/mol. The molecule has 0 atom stereocenters. The van der Waals surface area contributed by atoms with E-state index < -0.39 is 11.9 Å². The van der Waals surface area contributed by atoms with Crippen molar-refractivity contribution in [3.05, 3.63) is 0 Å². The van der Waals surface area contributed by atoms with Crippen LogP contribution in [0.5, 0.6) is 0 Å². The normalized spacial score (nSPS) is 7.56. The molecule has 0 rings (SSSR count). The molecule has 0 amide bonds. The Bertz CT molecular complexity index is 97.1. The van der Waals surface area contributed by atoms with E-state index in [1.54, 1.807) is 0 Å². The van der Waals surface area contributed by atoms with Crippen LogP contribution >= 0.6 is 0 Å². The fraction of sp³-hybridized carbons (Fsp3) is 0.500. The monoisotopic (exact) mass is 157 g/mol. The minimum Gasteiger partial charge on any atom is -0.481 e. The molecule has 0 aliphatic rings. The van der Waals surface area contributed by atoms with E-state index in [1.807, 2.05) is 0 Å². The maximum atomic E-state index is 9.64. The Kier molecular flexibility index (Phi) is 9.13. The fourth-order valence-electron chi connectivity index (χ4n) is 0.214. The number of rotatable bonds is 3. The Hall–Kier alpha value is 0.576. The molecule has 0 aromatic rings. The Balaban J connectivity index is 0. The van der Waals surface area contributed by atoms with Crippen LogP contribution in [0, 0.1) is 0 Å². The number of hydrogen-bond acceptors (Lipinski definition) is 2. The van der Waals surface area contributed by atoms with Gasteiger partial charge in [-0.3, -0.25) is 9.59 Å². The summed E-state index contributed by atoms with van der Waals surface area (Å²) in [5, 5.41) is 15.8. The average molecular weight is 157 g/mol. The Morgan fingerprint density at radius 3 is 1.33 bits per heavy atom. The Morgan fingerprint density at radius 1 is 1.00 bits per heavy atom. The smallest absolute Gasteiger partial charge is 0.303 e. The predicted molar refractivity (Wildman–Crippen MR) is 30.3 cm³/mol. The summed E-state index contributed by atoms with van der Waals surface area (Å²) in [7, 11) is 0. The molecule has 0 aliphatic carbocycles. The van der Waals surface area contributed by atoms with Crippen molar-refractivity contribution in [1.82, 2.24) is 0 Å². The quantitative estimate of drug-likeness (QED) is 0.544. The summed E-state index contributed by atoms with van der Waals surface area (Å²) in [6.07, 6.45) is -0.593. The molecule has 47 valence electrons. The van der Waals surface area contributed by atoms with E-state index in [4.69, 9.17) is 10.2 Å². The van der Waals surface area contributed by atoms with Crippen LogP contribution in [-0.2, 0) is 9.59 Å². The third-order valence-corrected chi connectivity index (χ3v) is 0.553. The topological polar surface area (TPSA) is 74.6 Å². The molecule has 0 heterocycles. The van der Waals surface area contributed by atoms with Gasteiger partial charge in [-0.15, -0.1) is 0 Å². The van der Waals surface area contributed by atoms with Crippen LogP contribution in [0.3, 0.4) is 0 Å². The van der Waals surface area contributed by atoms with Gasteiger partial charge in [-0.05, 0) is 0 Å². The van der Waals surface area contributed by atoms with Gasteiger partial charge in [0.25, 0.3) is 0 Å². The number of aliphatic carboxylic acids is 2. The molecule has 0 saturated heterocycles. The third-order valence-electron chi connectivity index (χ3n) is 0.553. The van der Waals surface area contributed by atoms with Crippen molar-refractivity contribution in [2.24, 2.45) is 0 Å². The van der Waals surface area contributed by atoms with Crippen molar-refractivity contribution < 1.29 is 19.8 Å². The summed E-state index contributed by atoms with van der Waals surface area (Å²) < 4.78 is 0. The first-order chi connectivity index (χ1) is 3.63. The number of carbonyl (C=O) groups is 2. The van der Waals surface area contributed by atoms with E-state index in [0.29, 0.717) is 0 Å². The molecular formula is C4H6KO4. The molecule has 0 saturated carbocycles. The second-order valence-corrected chi connectivity index (χ2v) is 1.29. The molecule has 4 nitrogen and oxygen atoms in total. The summed E-state index contributed by atoms with van der Waals surface area (Å²) in [5.74, 6) is -2.15. The zero-order valence-electron chi connectivity index (χ0n) is 5.13. The molecule has 0 bridgehead atoms. The SMILES string of the molecule is O=C(O)CCC(=O)O.[K]. The van der Waals surface area contributed by atoms with Crippen molar-refractivity contribution in [2.75, 3.05) is 0 Å². The number of carboxylic acids is 2. The zero-order chi connectivity index (χ0) is 6.57. The van der Waals surface area contributed by atoms with Crippen LogP contribution in [0.25, 0.3) is 0 Å². The molecule has 9 heavy (non-hydrogen) atoms.